The molecule has 1 heterocycles. The van der Waals surface area contributed by atoms with Gasteiger partial charge in [0, 0.05) is 28.8 Å². The molecule has 3 rings (SSSR count). The molecule has 1 aromatic heterocycles. The number of hydrogen-bond donors (Lipinski definition) is 2. The lowest BCUT2D eigenvalue weighted by molar-refractivity contribution is 0.0945. The summed E-state index contributed by atoms with van der Waals surface area (Å²) in [6.45, 7) is 1.17. The summed E-state index contributed by atoms with van der Waals surface area (Å²) in [6, 6.07) is 7.89. The third-order valence-electron chi connectivity index (χ3n) is 4.02. The first-order valence-corrected chi connectivity index (χ1v) is 8.57. The first-order chi connectivity index (χ1) is 10.6. The van der Waals surface area contributed by atoms with Gasteiger partial charge in [0.25, 0.3) is 5.91 Å². The Bertz CT molecular complexity index is 685. The maximum Gasteiger partial charge on any atom is 0.270 e. The average Bonchev–Trinajstić information content (AvgIpc) is 3.17. The molecule has 23 heavy (non-hydrogen) atoms. The van der Waals surface area contributed by atoms with Gasteiger partial charge in [0.1, 0.15) is 5.69 Å². The van der Waals surface area contributed by atoms with E-state index in [1.807, 2.05) is 18.2 Å². The van der Waals surface area contributed by atoms with Gasteiger partial charge in [0.2, 0.25) is 0 Å². The van der Waals surface area contributed by atoms with E-state index in [0.717, 1.165) is 22.9 Å². The smallest absolute Gasteiger partial charge is 0.270 e. The second kappa shape index (κ2) is 7.62. The second-order valence-corrected chi connectivity index (χ2v) is 7.02. The van der Waals surface area contributed by atoms with Crippen molar-refractivity contribution in [3.8, 4) is 0 Å². The number of benzene rings is 1. The highest BCUT2D eigenvalue weighted by molar-refractivity contribution is 7.09. The number of nitrogens with zero attached hydrogens (tertiary/aromatic N) is 1. The number of carbonyl (C=O) groups excluding carboxylic acids is 1. The van der Waals surface area contributed by atoms with Crippen molar-refractivity contribution in [1.29, 1.82) is 0 Å². The summed E-state index contributed by atoms with van der Waals surface area (Å²) in [5.41, 5.74) is 7.22. The monoisotopic (exact) mass is 371 g/mol. The lowest BCUT2D eigenvalue weighted by Gasteiger charge is -2.16. The van der Waals surface area contributed by atoms with Crippen LogP contribution in [0.25, 0.3) is 0 Å². The van der Waals surface area contributed by atoms with Crippen LogP contribution in [0.2, 0.25) is 5.02 Å². The molecular weight excluding hydrogens is 353 g/mol. The van der Waals surface area contributed by atoms with Crippen LogP contribution in [0.5, 0.6) is 0 Å². The van der Waals surface area contributed by atoms with Crippen molar-refractivity contribution in [3.63, 3.8) is 0 Å². The first-order valence-electron chi connectivity index (χ1n) is 7.32. The van der Waals surface area contributed by atoms with Crippen LogP contribution in [0.15, 0.2) is 29.6 Å². The zero-order valence-corrected chi connectivity index (χ0v) is 14.9. The molecular formula is C16H19Cl2N3OS. The van der Waals surface area contributed by atoms with Crippen LogP contribution in [-0.2, 0) is 11.8 Å². The van der Waals surface area contributed by atoms with Crippen LogP contribution >= 0.6 is 35.3 Å². The predicted octanol–water partition coefficient (Wildman–Crippen LogP) is 3.18. The van der Waals surface area contributed by atoms with E-state index >= 15 is 0 Å². The Morgan fingerprint density at radius 1 is 1.43 bits per heavy atom. The molecule has 1 saturated carbocycles. The van der Waals surface area contributed by atoms with Gasteiger partial charge < -0.3 is 11.1 Å². The summed E-state index contributed by atoms with van der Waals surface area (Å²) in [6.07, 6.45) is 2.86. The number of carbonyl (C=O) groups is 1. The third kappa shape index (κ3) is 4.23. The highest BCUT2D eigenvalue weighted by Gasteiger charge is 2.44. The Labute approximate surface area is 150 Å². The maximum absolute atomic E-state index is 12.2. The van der Waals surface area contributed by atoms with Crippen LogP contribution < -0.4 is 11.1 Å². The van der Waals surface area contributed by atoms with Crippen molar-refractivity contribution in [2.45, 2.75) is 24.7 Å². The molecule has 0 atom stereocenters. The quantitative estimate of drug-likeness (QED) is 0.818. The summed E-state index contributed by atoms with van der Waals surface area (Å²) < 4.78 is 0. The molecule has 0 unspecified atom stereocenters. The van der Waals surface area contributed by atoms with Gasteiger partial charge in [-0.3, -0.25) is 4.79 Å². The average molecular weight is 372 g/mol. The van der Waals surface area contributed by atoms with E-state index in [9.17, 15) is 4.79 Å². The fourth-order valence-electron chi connectivity index (χ4n) is 2.53. The molecule has 1 aliphatic carbocycles. The van der Waals surface area contributed by atoms with Crippen molar-refractivity contribution in [3.05, 3.63) is 50.9 Å². The predicted molar refractivity (Wildman–Crippen MR) is 96.8 cm³/mol. The number of nitrogens with two attached hydrogens (primary N) is 1. The van der Waals surface area contributed by atoms with E-state index in [4.69, 9.17) is 17.3 Å². The van der Waals surface area contributed by atoms with Crippen LogP contribution in [0.3, 0.4) is 0 Å². The summed E-state index contributed by atoms with van der Waals surface area (Å²) in [7, 11) is 0. The van der Waals surface area contributed by atoms with E-state index in [1.54, 1.807) is 5.38 Å². The van der Waals surface area contributed by atoms with Crippen LogP contribution in [0.4, 0.5) is 0 Å². The fraction of sp³-hybridized carbons (Fsp3) is 0.375. The molecule has 1 aromatic carbocycles. The van der Waals surface area contributed by atoms with Gasteiger partial charge >= 0.3 is 0 Å². The standard InChI is InChI=1S/C16H18ClN3OS.ClH/c17-12-3-1-2-11(8-12)16(5-6-16)10-19-15(21)13-9-22-14(20-13)4-7-18;/h1-3,8-9H,4-7,10,18H2,(H,19,21);1H. The normalized spacial score (nSPS) is 14.9. The zero-order valence-electron chi connectivity index (χ0n) is 12.5. The molecule has 0 aliphatic heterocycles. The molecule has 124 valence electrons. The van der Waals surface area contributed by atoms with Gasteiger partial charge in [-0.2, -0.15) is 0 Å². The number of amides is 1. The van der Waals surface area contributed by atoms with E-state index in [0.29, 0.717) is 25.2 Å². The molecule has 7 heteroatoms. The van der Waals surface area contributed by atoms with Crippen LogP contribution in [0.1, 0.15) is 33.9 Å². The Hall–Kier alpha value is -1.14. The van der Waals surface area contributed by atoms with Gasteiger partial charge in [-0.05, 0) is 37.1 Å². The summed E-state index contributed by atoms with van der Waals surface area (Å²) in [4.78, 5) is 16.5. The number of hydrogen-bond acceptors (Lipinski definition) is 4. The minimum absolute atomic E-state index is 0. The second-order valence-electron chi connectivity index (χ2n) is 5.64. The molecule has 2 aromatic rings. The summed E-state index contributed by atoms with van der Waals surface area (Å²) >= 11 is 7.54. The van der Waals surface area contributed by atoms with Crippen LogP contribution in [0, 0.1) is 0 Å². The van der Waals surface area contributed by atoms with Crippen molar-refractivity contribution >= 4 is 41.3 Å². The molecule has 4 nitrogen and oxygen atoms in total. The minimum Gasteiger partial charge on any atom is -0.350 e. The Morgan fingerprint density at radius 2 is 2.22 bits per heavy atom. The Balaban J connectivity index is 0.00000192. The Kier molecular flexibility index (Phi) is 6.03. The van der Waals surface area contributed by atoms with Gasteiger partial charge in [0.15, 0.2) is 0 Å². The maximum atomic E-state index is 12.2. The highest BCUT2D eigenvalue weighted by Crippen LogP contribution is 2.48. The molecule has 1 fully saturated rings. The SMILES string of the molecule is Cl.NCCc1nc(C(=O)NCC2(c3cccc(Cl)c3)CC2)cs1. The minimum atomic E-state index is -0.118. The fourth-order valence-corrected chi connectivity index (χ4v) is 3.51. The molecule has 0 saturated heterocycles. The van der Waals surface area contributed by atoms with E-state index in [2.05, 4.69) is 16.4 Å². The van der Waals surface area contributed by atoms with Gasteiger partial charge in [-0.1, -0.05) is 23.7 Å². The third-order valence-corrected chi connectivity index (χ3v) is 5.16. The Morgan fingerprint density at radius 3 is 2.87 bits per heavy atom. The van der Waals surface area contributed by atoms with Gasteiger partial charge in [-0.15, -0.1) is 23.7 Å². The van der Waals surface area contributed by atoms with Crippen LogP contribution in [-0.4, -0.2) is 24.0 Å². The molecule has 1 aliphatic rings. The number of nitrogens with one attached hydrogen (secondary N) is 1. The lowest BCUT2D eigenvalue weighted by Crippen LogP contribution is -2.32. The van der Waals surface area contributed by atoms with Crippen molar-refractivity contribution in [1.82, 2.24) is 10.3 Å². The number of aromatic nitrogens is 1. The number of halogens is 2. The molecule has 0 radical (unpaired) electrons. The highest BCUT2D eigenvalue weighted by atomic mass is 35.5. The van der Waals surface area contributed by atoms with Crippen molar-refractivity contribution < 1.29 is 4.79 Å². The molecule has 1 amide bonds. The van der Waals surface area contributed by atoms with Gasteiger partial charge in [0.05, 0.1) is 5.01 Å². The number of rotatable bonds is 6. The number of thiazole rings is 1. The lowest BCUT2D eigenvalue weighted by atomic mass is 9.96. The van der Waals surface area contributed by atoms with Gasteiger partial charge in [-0.25, -0.2) is 4.98 Å². The van der Waals surface area contributed by atoms with Crippen molar-refractivity contribution in [2.24, 2.45) is 5.73 Å². The topological polar surface area (TPSA) is 68.0 Å². The van der Waals surface area contributed by atoms with Crippen molar-refractivity contribution in [2.75, 3.05) is 13.1 Å². The zero-order chi connectivity index (χ0) is 15.6. The first kappa shape index (κ1) is 18.2. The van der Waals surface area contributed by atoms with E-state index < -0.39 is 0 Å². The van der Waals surface area contributed by atoms with E-state index in [1.165, 1.54) is 16.9 Å². The molecule has 3 N–H and O–H groups in total. The summed E-state index contributed by atoms with van der Waals surface area (Å²) in [5, 5.41) is 6.44. The molecule has 0 spiro atoms. The summed E-state index contributed by atoms with van der Waals surface area (Å²) in [5.74, 6) is -0.118. The van der Waals surface area contributed by atoms with E-state index in [-0.39, 0.29) is 23.7 Å². The molecule has 0 bridgehead atoms. The largest absolute Gasteiger partial charge is 0.350 e.